The average Bonchev–Trinajstić information content (AvgIpc) is 2.05. The van der Waals surface area contributed by atoms with Crippen molar-refractivity contribution in [1.29, 1.82) is 0 Å². The van der Waals surface area contributed by atoms with Gasteiger partial charge in [-0.25, -0.2) is 0 Å². The molecule has 0 fully saturated rings. The molecule has 1 aliphatic heterocycles. The van der Waals surface area contributed by atoms with E-state index in [4.69, 9.17) is 0 Å². The fourth-order valence-electron chi connectivity index (χ4n) is 1.22. The van der Waals surface area contributed by atoms with E-state index in [1.165, 1.54) is 11.3 Å². The number of pyridine rings is 1. The number of fused-ring (bicyclic) bond motifs is 1. The van der Waals surface area contributed by atoms with Gasteiger partial charge in [0.1, 0.15) is 0 Å². The van der Waals surface area contributed by atoms with Gasteiger partial charge in [0, 0.05) is 18.8 Å². The number of hydrogen-bond donors (Lipinski definition) is 1. The van der Waals surface area contributed by atoms with Gasteiger partial charge >= 0.3 is 0 Å². The average molecular weight is 133 g/mol. The largest absolute Gasteiger partial charge is 0.311 e. The Balaban J connectivity index is 2.41. The third kappa shape index (κ3) is 0.907. The van der Waals surface area contributed by atoms with Crippen molar-refractivity contribution in [3.05, 3.63) is 29.6 Å². The Bertz CT molecular complexity index is 207. The Morgan fingerprint density at radius 2 is 2.60 bits per heavy atom. The lowest BCUT2D eigenvalue weighted by atomic mass is 10.1. The summed E-state index contributed by atoms with van der Waals surface area (Å²) in [7, 11) is 0. The molecule has 0 unspecified atom stereocenters. The summed E-state index contributed by atoms with van der Waals surface area (Å²) in [5.74, 6) is 0. The van der Waals surface area contributed by atoms with Gasteiger partial charge in [-0.15, -0.1) is 0 Å². The molecule has 2 heteroatoms. The van der Waals surface area contributed by atoms with Crippen LogP contribution < -0.4 is 5.32 Å². The molecule has 0 amide bonds. The van der Waals surface area contributed by atoms with Crippen molar-refractivity contribution in [3.8, 4) is 0 Å². The van der Waals surface area contributed by atoms with Gasteiger partial charge in [-0.2, -0.15) is 0 Å². The molecule has 1 aromatic rings. The second-order valence-corrected chi connectivity index (χ2v) is 2.47. The van der Waals surface area contributed by atoms with Crippen LogP contribution in [0.5, 0.6) is 0 Å². The summed E-state index contributed by atoms with van der Waals surface area (Å²) in [6.45, 7) is 2.00. The van der Waals surface area contributed by atoms with Crippen LogP contribution in [0.3, 0.4) is 0 Å². The quantitative estimate of drug-likeness (QED) is 0.558. The van der Waals surface area contributed by atoms with Crippen molar-refractivity contribution in [2.75, 3.05) is 6.54 Å². The van der Waals surface area contributed by atoms with E-state index in [0.29, 0.717) is 0 Å². The minimum atomic E-state index is 0.921. The third-order valence-electron chi connectivity index (χ3n) is 1.79. The highest BCUT2D eigenvalue weighted by atomic mass is 14.9. The first-order chi connectivity index (χ1) is 4.97. The normalized spacial score (nSPS) is 16.4. The fraction of sp³-hybridized carbons (Fsp3) is 0.375. The molecular weight excluding hydrogens is 124 g/mol. The second kappa shape index (κ2) is 2.39. The standard InChI is InChI=1S/C8H9N2/c1-2-7-3-5-9-6-8(7)10-4-1/h2,4,9H,3,5-6H2. The van der Waals surface area contributed by atoms with Gasteiger partial charge in [-0.05, 0) is 24.6 Å². The van der Waals surface area contributed by atoms with Crippen LogP contribution in [0, 0.1) is 6.07 Å². The molecule has 1 N–H and O–H groups in total. The molecule has 2 heterocycles. The van der Waals surface area contributed by atoms with Gasteiger partial charge in [0.25, 0.3) is 0 Å². The molecule has 0 atom stereocenters. The van der Waals surface area contributed by atoms with Gasteiger partial charge in [-0.1, -0.05) is 0 Å². The van der Waals surface area contributed by atoms with E-state index in [0.717, 1.165) is 19.5 Å². The van der Waals surface area contributed by atoms with Crippen LogP contribution in [-0.2, 0) is 13.0 Å². The fourth-order valence-corrected chi connectivity index (χ4v) is 1.22. The maximum absolute atomic E-state index is 4.20. The molecule has 0 saturated carbocycles. The highest BCUT2D eigenvalue weighted by Crippen LogP contribution is 2.08. The van der Waals surface area contributed by atoms with Crippen LogP contribution >= 0.6 is 0 Å². The van der Waals surface area contributed by atoms with Crippen molar-refractivity contribution in [3.63, 3.8) is 0 Å². The maximum atomic E-state index is 4.20. The highest BCUT2D eigenvalue weighted by Gasteiger charge is 2.06. The summed E-state index contributed by atoms with van der Waals surface area (Å²) in [6.07, 6.45) is 2.82. The van der Waals surface area contributed by atoms with E-state index in [2.05, 4.69) is 16.4 Å². The van der Waals surface area contributed by atoms with Crippen LogP contribution in [0.25, 0.3) is 0 Å². The topological polar surface area (TPSA) is 24.9 Å². The van der Waals surface area contributed by atoms with E-state index < -0.39 is 0 Å². The SMILES string of the molecule is [c]1cnc2c(c1)CCNC2. The molecule has 1 radical (unpaired) electrons. The van der Waals surface area contributed by atoms with E-state index >= 15 is 0 Å². The maximum Gasteiger partial charge on any atom is 0.0574 e. The summed E-state index contributed by atoms with van der Waals surface area (Å²) in [5, 5.41) is 3.26. The zero-order valence-electron chi connectivity index (χ0n) is 5.72. The van der Waals surface area contributed by atoms with Gasteiger partial charge < -0.3 is 5.32 Å². The molecule has 1 aliphatic rings. The van der Waals surface area contributed by atoms with E-state index in [1.54, 1.807) is 6.20 Å². The Morgan fingerprint density at radius 1 is 1.60 bits per heavy atom. The number of hydrogen-bond acceptors (Lipinski definition) is 2. The zero-order valence-corrected chi connectivity index (χ0v) is 5.72. The molecule has 0 aromatic carbocycles. The molecule has 2 rings (SSSR count). The number of nitrogens with one attached hydrogen (secondary N) is 1. The predicted molar refractivity (Wildman–Crippen MR) is 38.5 cm³/mol. The first kappa shape index (κ1) is 5.86. The molecule has 0 saturated heterocycles. The summed E-state index contributed by atoms with van der Waals surface area (Å²) >= 11 is 0. The molecule has 0 bridgehead atoms. The summed E-state index contributed by atoms with van der Waals surface area (Å²) < 4.78 is 0. The summed E-state index contributed by atoms with van der Waals surface area (Å²) in [5.41, 5.74) is 2.53. The Morgan fingerprint density at radius 3 is 3.50 bits per heavy atom. The summed E-state index contributed by atoms with van der Waals surface area (Å²) in [6, 6.07) is 5.01. The van der Waals surface area contributed by atoms with Crippen molar-refractivity contribution >= 4 is 0 Å². The van der Waals surface area contributed by atoms with Crippen LogP contribution in [0.2, 0.25) is 0 Å². The molecule has 0 aliphatic carbocycles. The lowest BCUT2D eigenvalue weighted by molar-refractivity contribution is 0.627. The lowest BCUT2D eigenvalue weighted by Gasteiger charge is -2.14. The molecule has 0 spiro atoms. The minimum absolute atomic E-state index is 0.921. The van der Waals surface area contributed by atoms with Crippen LogP contribution in [0.4, 0.5) is 0 Å². The molecule has 2 nitrogen and oxygen atoms in total. The van der Waals surface area contributed by atoms with Crippen LogP contribution in [0.1, 0.15) is 11.3 Å². The lowest BCUT2D eigenvalue weighted by Crippen LogP contribution is -2.24. The van der Waals surface area contributed by atoms with Gasteiger partial charge in [0.2, 0.25) is 0 Å². The predicted octanol–water partition coefficient (Wildman–Crippen LogP) is 0.527. The monoisotopic (exact) mass is 133 g/mol. The van der Waals surface area contributed by atoms with Crippen molar-refractivity contribution < 1.29 is 0 Å². The first-order valence-electron chi connectivity index (χ1n) is 3.51. The Hall–Kier alpha value is -0.890. The molecular formula is C8H9N2. The Kier molecular flexibility index (Phi) is 1.40. The molecule has 10 heavy (non-hydrogen) atoms. The first-order valence-corrected chi connectivity index (χ1v) is 3.51. The zero-order chi connectivity index (χ0) is 6.81. The van der Waals surface area contributed by atoms with Crippen molar-refractivity contribution in [2.24, 2.45) is 0 Å². The van der Waals surface area contributed by atoms with Crippen molar-refractivity contribution in [2.45, 2.75) is 13.0 Å². The third-order valence-corrected chi connectivity index (χ3v) is 1.79. The summed E-state index contributed by atoms with van der Waals surface area (Å²) in [4.78, 5) is 4.20. The van der Waals surface area contributed by atoms with Gasteiger partial charge in [-0.3, -0.25) is 4.98 Å². The van der Waals surface area contributed by atoms with Gasteiger partial charge in [0.15, 0.2) is 0 Å². The number of aromatic nitrogens is 1. The highest BCUT2D eigenvalue weighted by molar-refractivity contribution is 5.21. The van der Waals surface area contributed by atoms with E-state index in [1.807, 2.05) is 6.07 Å². The Labute approximate surface area is 60.3 Å². The smallest absolute Gasteiger partial charge is 0.0574 e. The van der Waals surface area contributed by atoms with Crippen LogP contribution in [-0.4, -0.2) is 11.5 Å². The van der Waals surface area contributed by atoms with Gasteiger partial charge in [0.05, 0.1) is 5.69 Å². The van der Waals surface area contributed by atoms with E-state index in [-0.39, 0.29) is 0 Å². The number of nitrogens with zero attached hydrogens (tertiary/aromatic N) is 1. The number of rotatable bonds is 0. The van der Waals surface area contributed by atoms with Crippen LogP contribution in [0.15, 0.2) is 12.3 Å². The van der Waals surface area contributed by atoms with E-state index in [9.17, 15) is 0 Å². The van der Waals surface area contributed by atoms with Crippen molar-refractivity contribution in [1.82, 2.24) is 10.3 Å². The second-order valence-electron chi connectivity index (χ2n) is 2.47. The minimum Gasteiger partial charge on any atom is -0.311 e. The molecule has 51 valence electrons. The molecule has 1 aromatic heterocycles.